The number of nitrogens with zero attached hydrogens (tertiary/aromatic N) is 4. The quantitative estimate of drug-likeness (QED) is 0.188. The van der Waals surface area contributed by atoms with Crippen LogP contribution in [0.3, 0.4) is 0 Å². The summed E-state index contributed by atoms with van der Waals surface area (Å²) in [6.45, 7) is 0. The molecule has 3 aliphatic heterocycles. The van der Waals surface area contributed by atoms with E-state index in [1.54, 1.807) is 0 Å². The van der Waals surface area contributed by atoms with Crippen molar-refractivity contribution in [2.45, 2.75) is 40.0 Å². The number of nitrogens with one attached hydrogen (secondary N) is 1. The monoisotopic (exact) mass is 857 g/mol. The molecule has 0 spiro atoms. The Hall–Kier alpha value is -7.06. The van der Waals surface area contributed by atoms with Gasteiger partial charge in [-0.2, -0.15) is 0 Å². The molecule has 64 heavy (non-hydrogen) atoms. The molecule has 304 valence electrons. The van der Waals surface area contributed by atoms with Crippen LogP contribution in [0.25, 0.3) is 60.6 Å². The summed E-state index contributed by atoms with van der Waals surface area (Å²) in [7, 11) is 0. The summed E-state index contributed by atoms with van der Waals surface area (Å²) in [5, 5.41) is 9.25. The molecule has 0 amide bonds. The van der Waals surface area contributed by atoms with Gasteiger partial charge >= 0.3 is 0 Å². The van der Waals surface area contributed by atoms with Gasteiger partial charge in [0.15, 0.2) is 5.84 Å². The van der Waals surface area contributed by atoms with Crippen LogP contribution in [0.4, 0.5) is 0 Å². The van der Waals surface area contributed by atoms with Gasteiger partial charge < -0.3 is 14.5 Å². The maximum atomic E-state index is 5.56. The van der Waals surface area contributed by atoms with Crippen molar-refractivity contribution < 1.29 is 0 Å². The van der Waals surface area contributed by atoms with Crippen LogP contribution in [0.1, 0.15) is 47.2 Å². The van der Waals surface area contributed by atoms with Gasteiger partial charge in [0.25, 0.3) is 0 Å². The van der Waals surface area contributed by atoms with Crippen molar-refractivity contribution in [1.82, 2.24) is 14.5 Å². The fraction of sp³-hybridized carbons (Fsp3) is 0.0877. The van der Waals surface area contributed by atoms with Crippen molar-refractivity contribution in [3.8, 4) is 11.4 Å². The Kier molecular flexibility index (Phi) is 8.10. The van der Waals surface area contributed by atoms with Gasteiger partial charge in [0, 0.05) is 70.6 Å². The Bertz CT molecular complexity index is 3660. The highest BCUT2D eigenvalue weighted by Gasteiger charge is 2.36. The average Bonchev–Trinajstić information content (AvgIpc) is 4.11. The zero-order valence-corrected chi connectivity index (χ0v) is 36.3. The van der Waals surface area contributed by atoms with Crippen LogP contribution in [0, 0.1) is 0 Å². The minimum absolute atomic E-state index is 0.345. The largest absolute Gasteiger partial charge is 0.344 e. The van der Waals surface area contributed by atoms with Gasteiger partial charge in [0.1, 0.15) is 12.0 Å². The molecule has 0 saturated carbocycles. The molecule has 9 aromatic rings. The number of para-hydroxylation sites is 3. The van der Waals surface area contributed by atoms with Crippen LogP contribution in [0.15, 0.2) is 218 Å². The molecule has 0 radical (unpaired) electrons. The number of aromatic nitrogens is 2. The highest BCUT2D eigenvalue weighted by Crippen LogP contribution is 2.54. The van der Waals surface area contributed by atoms with Gasteiger partial charge in [0.05, 0.1) is 22.1 Å². The van der Waals surface area contributed by atoms with E-state index in [4.69, 9.17) is 9.98 Å². The molecular weight excluding hydrogens is 819 g/mol. The molecular formula is C57H39N5S2. The molecule has 3 atom stereocenters. The number of rotatable bonds is 5. The summed E-state index contributed by atoms with van der Waals surface area (Å²) in [4.78, 5) is 14.9. The van der Waals surface area contributed by atoms with Gasteiger partial charge in [0.2, 0.25) is 0 Å². The first kappa shape index (κ1) is 36.4. The first-order valence-electron chi connectivity index (χ1n) is 22.1. The molecule has 0 bridgehead atoms. The number of benzene rings is 7. The van der Waals surface area contributed by atoms with Crippen LogP contribution in [-0.4, -0.2) is 26.1 Å². The van der Waals surface area contributed by atoms with Crippen molar-refractivity contribution in [1.29, 1.82) is 0 Å². The second-order valence-electron chi connectivity index (χ2n) is 17.2. The maximum absolute atomic E-state index is 5.56. The second-order valence-corrected chi connectivity index (χ2v) is 19.5. The number of hydrogen-bond acceptors (Lipinski definition) is 5. The number of fused-ring (bicyclic) bond motifs is 13. The molecule has 5 nitrogen and oxygen atoms in total. The van der Waals surface area contributed by atoms with E-state index in [0.717, 1.165) is 52.6 Å². The number of allylic oxidation sites excluding steroid dienone is 5. The Morgan fingerprint density at radius 3 is 2.08 bits per heavy atom. The average molecular weight is 858 g/mol. The molecule has 2 aromatic heterocycles. The number of aliphatic imine (C=N–C) groups is 2. The van der Waals surface area contributed by atoms with Crippen LogP contribution in [0.5, 0.6) is 0 Å². The van der Waals surface area contributed by atoms with Crippen molar-refractivity contribution >= 4 is 84.4 Å². The van der Waals surface area contributed by atoms with Crippen molar-refractivity contribution in [3.63, 3.8) is 0 Å². The zero-order chi connectivity index (χ0) is 41.9. The molecule has 5 heterocycles. The van der Waals surface area contributed by atoms with Gasteiger partial charge in [-0.25, -0.2) is 9.98 Å². The van der Waals surface area contributed by atoms with Crippen molar-refractivity contribution in [3.05, 3.63) is 221 Å². The summed E-state index contributed by atoms with van der Waals surface area (Å²) >= 11 is 3.89. The third-order valence-electron chi connectivity index (χ3n) is 13.6. The molecule has 3 unspecified atom stereocenters. The summed E-state index contributed by atoms with van der Waals surface area (Å²) in [5.74, 6) is 2.00. The van der Waals surface area contributed by atoms with E-state index in [2.05, 4.69) is 203 Å². The fourth-order valence-electron chi connectivity index (χ4n) is 10.8. The Morgan fingerprint density at radius 1 is 0.609 bits per heavy atom. The van der Waals surface area contributed by atoms with E-state index in [1.807, 2.05) is 23.5 Å². The van der Waals surface area contributed by atoms with Crippen molar-refractivity contribution in [2.75, 3.05) is 0 Å². The number of thioether (sulfide) groups is 2. The topological polar surface area (TPSA) is 46.6 Å². The molecule has 1 N–H and O–H groups in total. The summed E-state index contributed by atoms with van der Waals surface area (Å²) in [6.07, 6.45) is 13.2. The SMILES string of the molecule is C1=CCC2Sc3cc(-n4c5ccccc5c5ccc6c7ccccc7n(-c7ccccc7)c6c54)cc(C4N=C(c5ccccc5)N=C(C5=CCC6C(=C5)Sc5ccccc56)N4)c3C2=C1. The number of hydrogen-bond donors (Lipinski definition) is 1. The van der Waals surface area contributed by atoms with E-state index < -0.39 is 6.17 Å². The lowest BCUT2D eigenvalue weighted by atomic mass is 9.89. The first-order chi connectivity index (χ1) is 31.7. The first-order valence-corrected chi connectivity index (χ1v) is 23.8. The molecule has 0 fully saturated rings. The van der Waals surface area contributed by atoms with E-state index in [1.165, 1.54) is 75.0 Å². The van der Waals surface area contributed by atoms with Gasteiger partial charge in [-0.1, -0.05) is 151 Å². The van der Waals surface area contributed by atoms with E-state index in [-0.39, 0.29) is 0 Å². The summed E-state index contributed by atoms with van der Waals surface area (Å²) in [5.41, 5.74) is 14.4. The van der Waals surface area contributed by atoms with E-state index >= 15 is 0 Å². The summed E-state index contributed by atoms with van der Waals surface area (Å²) < 4.78 is 5.00. The van der Waals surface area contributed by atoms with Crippen LogP contribution in [0.2, 0.25) is 0 Å². The predicted octanol–water partition coefficient (Wildman–Crippen LogP) is 14.2. The molecule has 0 saturated heterocycles. The predicted molar refractivity (Wildman–Crippen MR) is 269 cm³/mol. The minimum Gasteiger partial charge on any atom is -0.344 e. The lowest BCUT2D eigenvalue weighted by Crippen LogP contribution is -2.35. The maximum Gasteiger partial charge on any atom is 0.159 e. The van der Waals surface area contributed by atoms with Gasteiger partial charge in [-0.05, 0) is 83.0 Å². The zero-order valence-electron chi connectivity index (χ0n) is 34.6. The molecule has 7 aromatic carbocycles. The standard InChI is InChI=1S/C57H39N5S2/c1-3-15-34(16-4-1)55-58-56(35-27-28-41-40-21-9-13-25-48(40)63-50(41)31-35)60-57(59-55)45-32-37(33-51-52(45)44-22-10-14-26-49(44)64-51)62-47-24-12-8-20-39(47)43-30-29-42-38-19-7-11-23-46(38)61(53(42)54(43)62)36-17-5-2-6-18-36/h1-25,27,29-33,41,49,57H,26,28H2,(H,58,59,60). The molecule has 2 aliphatic carbocycles. The van der Waals surface area contributed by atoms with E-state index in [9.17, 15) is 0 Å². The second kappa shape index (κ2) is 14.2. The Balaban J connectivity index is 1.01. The Labute approximate surface area is 378 Å². The highest BCUT2D eigenvalue weighted by atomic mass is 32.2. The Morgan fingerprint density at radius 2 is 1.30 bits per heavy atom. The fourth-order valence-corrected chi connectivity index (χ4v) is 13.4. The van der Waals surface area contributed by atoms with Crippen LogP contribution in [-0.2, 0) is 0 Å². The van der Waals surface area contributed by atoms with E-state index in [0.29, 0.717) is 11.2 Å². The lowest BCUT2D eigenvalue weighted by molar-refractivity contribution is 0.669. The molecule has 14 rings (SSSR count). The van der Waals surface area contributed by atoms with Crippen molar-refractivity contribution in [2.24, 2.45) is 9.98 Å². The third-order valence-corrected chi connectivity index (χ3v) is 16.1. The minimum atomic E-state index is -0.392. The van der Waals surface area contributed by atoms with Gasteiger partial charge in [-0.15, -0.1) is 11.8 Å². The van der Waals surface area contributed by atoms with Crippen LogP contribution < -0.4 is 5.32 Å². The summed E-state index contributed by atoms with van der Waals surface area (Å²) in [6, 6.07) is 57.5. The molecule has 7 heteroatoms. The van der Waals surface area contributed by atoms with Crippen LogP contribution >= 0.6 is 23.5 Å². The lowest BCUT2D eigenvalue weighted by Gasteiger charge is -2.28. The number of amidine groups is 2. The highest BCUT2D eigenvalue weighted by molar-refractivity contribution is 8.03. The normalized spacial score (nSPS) is 19.7. The van der Waals surface area contributed by atoms with Gasteiger partial charge in [-0.3, -0.25) is 0 Å². The third kappa shape index (κ3) is 5.47. The molecule has 5 aliphatic rings. The smallest absolute Gasteiger partial charge is 0.159 e.